The third kappa shape index (κ3) is 3.52. The number of piperazine rings is 1. The first-order valence-electron chi connectivity index (χ1n) is 4.35. The molecule has 0 unspecified atom stereocenters. The van der Waals surface area contributed by atoms with Gasteiger partial charge in [-0.25, -0.2) is 0 Å². The zero-order chi connectivity index (χ0) is 9.68. The van der Waals surface area contributed by atoms with Crippen molar-refractivity contribution in [1.29, 1.82) is 0 Å². The van der Waals surface area contributed by atoms with Crippen molar-refractivity contribution in [3.8, 4) is 0 Å². The van der Waals surface area contributed by atoms with Gasteiger partial charge in [0.2, 0.25) is 11.8 Å². The maximum Gasteiger partial charge on any atom is 0.240 e. The van der Waals surface area contributed by atoms with Gasteiger partial charge >= 0.3 is 0 Å². The Balaban J connectivity index is 2.25. The molecule has 1 fully saturated rings. The van der Waals surface area contributed by atoms with Gasteiger partial charge in [0.05, 0.1) is 19.7 Å². The number of imide groups is 1. The van der Waals surface area contributed by atoms with E-state index >= 15 is 0 Å². The second-order valence-electron chi connectivity index (χ2n) is 2.88. The Kier molecular flexibility index (Phi) is 3.85. The molecule has 1 rings (SSSR count). The van der Waals surface area contributed by atoms with Crippen LogP contribution in [0.3, 0.4) is 0 Å². The number of ether oxygens (including phenoxy) is 1. The molecule has 0 radical (unpaired) electrons. The van der Waals surface area contributed by atoms with Crippen LogP contribution in [0.2, 0.25) is 0 Å². The van der Waals surface area contributed by atoms with Crippen LogP contribution in [0.15, 0.2) is 0 Å². The molecule has 0 aromatic heterocycles. The molecule has 74 valence electrons. The molecule has 5 heteroatoms. The molecule has 0 saturated carbocycles. The molecule has 0 aliphatic carbocycles. The van der Waals surface area contributed by atoms with E-state index in [1.165, 1.54) is 0 Å². The van der Waals surface area contributed by atoms with Gasteiger partial charge in [0, 0.05) is 13.2 Å². The molecular formula is C8H14N2O3. The van der Waals surface area contributed by atoms with Crippen LogP contribution in [0.25, 0.3) is 0 Å². The SMILES string of the molecule is CCOCCN1CC(=O)NC(=O)C1. The van der Waals surface area contributed by atoms with E-state index in [0.717, 1.165) is 0 Å². The summed E-state index contributed by atoms with van der Waals surface area (Å²) in [5, 5.41) is 2.24. The first kappa shape index (κ1) is 10.1. The smallest absolute Gasteiger partial charge is 0.240 e. The van der Waals surface area contributed by atoms with Gasteiger partial charge in [-0.2, -0.15) is 0 Å². The highest BCUT2D eigenvalue weighted by Crippen LogP contribution is 1.93. The van der Waals surface area contributed by atoms with E-state index in [0.29, 0.717) is 32.8 Å². The summed E-state index contributed by atoms with van der Waals surface area (Å²) in [4.78, 5) is 23.6. The Labute approximate surface area is 77.0 Å². The van der Waals surface area contributed by atoms with E-state index in [1.54, 1.807) is 4.90 Å². The Morgan fingerprint density at radius 1 is 1.38 bits per heavy atom. The van der Waals surface area contributed by atoms with Crippen LogP contribution in [0.4, 0.5) is 0 Å². The first-order valence-corrected chi connectivity index (χ1v) is 4.35. The fourth-order valence-electron chi connectivity index (χ4n) is 1.19. The highest BCUT2D eigenvalue weighted by molar-refractivity contribution is 5.99. The lowest BCUT2D eigenvalue weighted by molar-refractivity contribution is -0.136. The third-order valence-corrected chi connectivity index (χ3v) is 1.77. The summed E-state index contributed by atoms with van der Waals surface area (Å²) < 4.78 is 5.12. The predicted octanol–water partition coefficient (Wildman–Crippen LogP) is -1.02. The van der Waals surface area contributed by atoms with Crippen LogP contribution in [0, 0.1) is 0 Å². The molecule has 0 atom stereocenters. The lowest BCUT2D eigenvalue weighted by atomic mass is 10.3. The molecule has 1 saturated heterocycles. The second kappa shape index (κ2) is 4.94. The minimum atomic E-state index is -0.229. The van der Waals surface area contributed by atoms with Crippen molar-refractivity contribution in [2.45, 2.75) is 6.92 Å². The van der Waals surface area contributed by atoms with Crippen LogP contribution in [-0.4, -0.2) is 49.6 Å². The van der Waals surface area contributed by atoms with Crippen molar-refractivity contribution >= 4 is 11.8 Å². The second-order valence-corrected chi connectivity index (χ2v) is 2.88. The molecule has 1 heterocycles. The van der Waals surface area contributed by atoms with Crippen molar-refractivity contribution in [1.82, 2.24) is 10.2 Å². The molecule has 13 heavy (non-hydrogen) atoms. The zero-order valence-electron chi connectivity index (χ0n) is 7.71. The number of hydrogen-bond acceptors (Lipinski definition) is 4. The normalized spacial score (nSPS) is 18.8. The zero-order valence-corrected chi connectivity index (χ0v) is 7.71. The molecule has 0 aromatic rings. The van der Waals surface area contributed by atoms with E-state index in [1.807, 2.05) is 6.92 Å². The molecule has 0 spiro atoms. The highest BCUT2D eigenvalue weighted by Gasteiger charge is 2.21. The Hall–Kier alpha value is -0.940. The number of nitrogens with one attached hydrogen (secondary N) is 1. The summed E-state index contributed by atoms with van der Waals surface area (Å²) in [7, 11) is 0. The number of rotatable bonds is 4. The van der Waals surface area contributed by atoms with E-state index in [9.17, 15) is 9.59 Å². The van der Waals surface area contributed by atoms with Gasteiger partial charge in [0.15, 0.2) is 0 Å². The van der Waals surface area contributed by atoms with Crippen LogP contribution in [0.5, 0.6) is 0 Å². The van der Waals surface area contributed by atoms with Gasteiger partial charge in [-0.1, -0.05) is 0 Å². The molecule has 5 nitrogen and oxygen atoms in total. The summed E-state index contributed by atoms with van der Waals surface area (Å²) >= 11 is 0. The van der Waals surface area contributed by atoms with Crippen molar-refractivity contribution in [3.63, 3.8) is 0 Å². The molecule has 0 bridgehead atoms. The summed E-state index contributed by atoms with van der Waals surface area (Å²) in [6.45, 7) is 4.35. The number of amides is 2. The molecule has 0 aromatic carbocycles. The average Bonchev–Trinajstić information content (AvgIpc) is 2.03. The van der Waals surface area contributed by atoms with Gasteiger partial charge in [-0.15, -0.1) is 0 Å². The minimum absolute atomic E-state index is 0.229. The number of hydrogen-bond donors (Lipinski definition) is 1. The van der Waals surface area contributed by atoms with Crippen LogP contribution in [0.1, 0.15) is 6.92 Å². The molecule has 1 aliphatic heterocycles. The fourth-order valence-corrected chi connectivity index (χ4v) is 1.19. The highest BCUT2D eigenvalue weighted by atomic mass is 16.5. The van der Waals surface area contributed by atoms with Crippen molar-refractivity contribution < 1.29 is 14.3 Å². The van der Waals surface area contributed by atoms with Gasteiger partial charge in [0.1, 0.15) is 0 Å². The van der Waals surface area contributed by atoms with E-state index in [2.05, 4.69) is 5.32 Å². The lowest BCUT2D eigenvalue weighted by Gasteiger charge is -2.24. The number of nitrogens with zero attached hydrogens (tertiary/aromatic N) is 1. The summed E-state index contributed by atoms with van der Waals surface area (Å²) in [5.41, 5.74) is 0. The molecule has 2 amide bonds. The fraction of sp³-hybridized carbons (Fsp3) is 0.750. The predicted molar refractivity (Wildman–Crippen MR) is 46.1 cm³/mol. The minimum Gasteiger partial charge on any atom is -0.380 e. The average molecular weight is 186 g/mol. The Morgan fingerprint density at radius 3 is 2.54 bits per heavy atom. The third-order valence-electron chi connectivity index (χ3n) is 1.77. The van der Waals surface area contributed by atoms with Gasteiger partial charge in [-0.3, -0.25) is 19.8 Å². The standard InChI is InChI=1S/C8H14N2O3/c1-2-13-4-3-10-5-7(11)9-8(12)6-10/h2-6H2,1H3,(H,9,11,12). The van der Waals surface area contributed by atoms with Crippen LogP contribution < -0.4 is 5.32 Å². The lowest BCUT2D eigenvalue weighted by Crippen LogP contribution is -2.52. The summed E-state index contributed by atoms with van der Waals surface area (Å²) in [6.07, 6.45) is 0. The maximum atomic E-state index is 10.9. The molecule has 1 aliphatic rings. The number of carbonyl (C=O) groups is 2. The monoisotopic (exact) mass is 186 g/mol. The molecule has 1 N–H and O–H groups in total. The van der Waals surface area contributed by atoms with Crippen molar-refractivity contribution in [3.05, 3.63) is 0 Å². The molecular weight excluding hydrogens is 172 g/mol. The van der Waals surface area contributed by atoms with Crippen LogP contribution in [-0.2, 0) is 14.3 Å². The maximum absolute atomic E-state index is 10.9. The van der Waals surface area contributed by atoms with E-state index < -0.39 is 0 Å². The summed E-state index contributed by atoms with van der Waals surface area (Å²) in [6, 6.07) is 0. The van der Waals surface area contributed by atoms with Gasteiger partial charge in [-0.05, 0) is 6.92 Å². The quantitative estimate of drug-likeness (QED) is 0.451. The first-order chi connectivity index (χ1) is 6.22. The van der Waals surface area contributed by atoms with Crippen molar-refractivity contribution in [2.24, 2.45) is 0 Å². The van der Waals surface area contributed by atoms with E-state index in [-0.39, 0.29) is 11.8 Å². The Morgan fingerprint density at radius 2 is 2.00 bits per heavy atom. The largest absolute Gasteiger partial charge is 0.380 e. The van der Waals surface area contributed by atoms with Crippen LogP contribution >= 0.6 is 0 Å². The van der Waals surface area contributed by atoms with Gasteiger partial charge in [0.25, 0.3) is 0 Å². The van der Waals surface area contributed by atoms with Gasteiger partial charge < -0.3 is 4.74 Å². The van der Waals surface area contributed by atoms with Crippen molar-refractivity contribution in [2.75, 3.05) is 32.8 Å². The number of carbonyl (C=O) groups excluding carboxylic acids is 2. The topological polar surface area (TPSA) is 58.6 Å². The van der Waals surface area contributed by atoms with E-state index in [4.69, 9.17) is 4.74 Å². The Bertz CT molecular complexity index is 190. The summed E-state index contributed by atoms with van der Waals surface area (Å²) in [5.74, 6) is -0.458.